The molecule has 1 heterocycles. The van der Waals surface area contributed by atoms with Crippen LogP contribution in [0.1, 0.15) is 12.8 Å². The number of hydrogen-bond acceptors (Lipinski definition) is 2. The average molecular weight is 263 g/mol. The summed E-state index contributed by atoms with van der Waals surface area (Å²) in [7, 11) is 0. The summed E-state index contributed by atoms with van der Waals surface area (Å²) in [4.78, 5) is 21.9. The summed E-state index contributed by atoms with van der Waals surface area (Å²) >= 11 is 0. The lowest BCUT2D eigenvalue weighted by atomic mass is 10.1. The number of amides is 2. The van der Waals surface area contributed by atoms with Crippen molar-refractivity contribution >= 4 is 11.8 Å². The molecule has 0 aromatic rings. The lowest BCUT2D eigenvalue weighted by molar-refractivity contribution is -0.285. The van der Waals surface area contributed by atoms with E-state index in [4.69, 9.17) is 0 Å². The summed E-state index contributed by atoms with van der Waals surface area (Å²) in [5, 5.41) is 0. The lowest BCUT2D eigenvalue weighted by Gasteiger charge is -2.26. The molecule has 0 aromatic heterocycles. The van der Waals surface area contributed by atoms with Crippen LogP contribution in [-0.4, -0.2) is 35.6 Å². The zero-order chi connectivity index (χ0) is 13.4. The second-order valence-electron chi connectivity index (χ2n) is 3.53. The minimum absolute atomic E-state index is 0.0195. The maximum atomic E-state index is 12.2. The summed E-state index contributed by atoms with van der Waals surface area (Å²) in [6.45, 7) is -1.69. The second-order valence-corrected chi connectivity index (χ2v) is 3.53. The van der Waals surface area contributed by atoms with Crippen molar-refractivity contribution in [3.05, 3.63) is 0 Å². The molecule has 1 fully saturated rings. The number of rotatable bonds is 2. The van der Waals surface area contributed by atoms with Crippen LogP contribution >= 0.6 is 0 Å². The van der Waals surface area contributed by atoms with Gasteiger partial charge in [-0.25, -0.2) is 0 Å². The van der Waals surface area contributed by atoms with Crippen molar-refractivity contribution in [3.63, 3.8) is 0 Å². The van der Waals surface area contributed by atoms with Gasteiger partial charge in [-0.15, -0.1) is 0 Å². The number of imide groups is 1. The number of carbonyl (C=O) groups excluding carboxylic acids is 2. The van der Waals surface area contributed by atoms with E-state index in [1.165, 1.54) is 0 Å². The molecular weight excluding hydrogens is 256 g/mol. The van der Waals surface area contributed by atoms with Gasteiger partial charge in [0.05, 0.1) is 0 Å². The zero-order valence-corrected chi connectivity index (χ0v) is 8.23. The van der Waals surface area contributed by atoms with Crippen LogP contribution in [0.4, 0.5) is 26.3 Å². The summed E-state index contributed by atoms with van der Waals surface area (Å²) in [5.41, 5.74) is 0. The van der Waals surface area contributed by atoms with E-state index in [9.17, 15) is 35.9 Å². The van der Waals surface area contributed by atoms with E-state index >= 15 is 0 Å². The van der Waals surface area contributed by atoms with Crippen LogP contribution in [0.3, 0.4) is 0 Å². The highest BCUT2D eigenvalue weighted by atomic mass is 19.4. The summed E-state index contributed by atoms with van der Waals surface area (Å²) < 4.78 is 72.9. The fourth-order valence-corrected chi connectivity index (χ4v) is 1.40. The molecular formula is C8H7F6NO2. The van der Waals surface area contributed by atoms with E-state index in [1.807, 2.05) is 0 Å². The van der Waals surface area contributed by atoms with Gasteiger partial charge in [-0.05, 0) is 0 Å². The highest BCUT2D eigenvalue weighted by molar-refractivity contribution is 6.01. The third-order valence-corrected chi connectivity index (χ3v) is 2.31. The van der Waals surface area contributed by atoms with E-state index in [1.54, 1.807) is 0 Å². The minimum Gasteiger partial charge on any atom is -0.282 e. The molecule has 1 aliphatic heterocycles. The van der Waals surface area contributed by atoms with Crippen molar-refractivity contribution < 1.29 is 35.9 Å². The van der Waals surface area contributed by atoms with Gasteiger partial charge in [-0.1, -0.05) is 0 Å². The first-order chi connectivity index (χ1) is 7.53. The average Bonchev–Trinajstić information content (AvgIpc) is 2.39. The van der Waals surface area contributed by atoms with Crippen LogP contribution in [-0.2, 0) is 9.59 Å². The molecule has 17 heavy (non-hydrogen) atoms. The number of nitrogens with zero attached hydrogens (tertiary/aromatic N) is 1. The minimum atomic E-state index is -5.54. The Balaban J connectivity index is 2.88. The Morgan fingerprint density at radius 1 is 0.941 bits per heavy atom. The monoisotopic (exact) mass is 263 g/mol. The maximum Gasteiger partial charge on any atom is 0.402 e. The normalized spacial score (nSPS) is 18.4. The topological polar surface area (TPSA) is 37.4 Å². The first-order valence-corrected chi connectivity index (χ1v) is 4.50. The zero-order valence-electron chi connectivity index (χ0n) is 8.23. The second kappa shape index (κ2) is 4.19. The van der Waals surface area contributed by atoms with Crippen molar-refractivity contribution in [2.24, 2.45) is 5.92 Å². The number of carbonyl (C=O) groups is 2. The molecule has 0 spiro atoms. The van der Waals surface area contributed by atoms with Crippen LogP contribution < -0.4 is 0 Å². The van der Waals surface area contributed by atoms with E-state index in [0.29, 0.717) is 0 Å². The smallest absolute Gasteiger partial charge is 0.282 e. The van der Waals surface area contributed by atoms with Crippen LogP contribution in [0.25, 0.3) is 0 Å². The standard InChI is InChI=1S/C8H7F6NO2/c9-7(10,11)4(8(12,13)14)3-15-5(16)1-2-6(15)17/h4H,1-3H2. The van der Waals surface area contributed by atoms with Gasteiger partial charge in [0.25, 0.3) is 0 Å². The van der Waals surface area contributed by atoms with E-state index in [2.05, 4.69) is 0 Å². The fourth-order valence-electron chi connectivity index (χ4n) is 1.40. The highest BCUT2D eigenvalue weighted by Crippen LogP contribution is 2.40. The van der Waals surface area contributed by atoms with Gasteiger partial charge in [-0.3, -0.25) is 14.5 Å². The Kier molecular flexibility index (Phi) is 3.40. The predicted molar refractivity (Wildman–Crippen MR) is 41.6 cm³/mol. The summed E-state index contributed by atoms with van der Waals surface area (Å²) in [6.07, 6.45) is -11.8. The number of likely N-dealkylation sites (tertiary alicyclic amines) is 1. The largest absolute Gasteiger partial charge is 0.402 e. The predicted octanol–water partition coefficient (Wildman–Crippen LogP) is 1.88. The summed E-state index contributed by atoms with van der Waals surface area (Å²) in [5.74, 6) is -5.71. The molecule has 98 valence electrons. The van der Waals surface area contributed by atoms with Crippen molar-refractivity contribution in [1.82, 2.24) is 4.90 Å². The van der Waals surface area contributed by atoms with Crippen molar-refractivity contribution in [3.8, 4) is 0 Å². The Labute approximate surface area is 91.4 Å². The maximum absolute atomic E-state index is 12.2. The van der Waals surface area contributed by atoms with Gasteiger partial charge >= 0.3 is 12.4 Å². The molecule has 1 saturated heterocycles. The van der Waals surface area contributed by atoms with Gasteiger partial charge in [0.15, 0.2) is 5.92 Å². The lowest BCUT2D eigenvalue weighted by Crippen LogP contribution is -2.46. The first kappa shape index (κ1) is 13.8. The van der Waals surface area contributed by atoms with Gasteiger partial charge in [0.2, 0.25) is 11.8 Å². The molecule has 0 bridgehead atoms. The highest BCUT2D eigenvalue weighted by Gasteiger charge is 2.58. The van der Waals surface area contributed by atoms with Crippen LogP contribution in [0.5, 0.6) is 0 Å². The fraction of sp³-hybridized carbons (Fsp3) is 0.750. The SMILES string of the molecule is O=C1CCC(=O)N1CC(C(F)(F)F)C(F)(F)F. The molecule has 0 atom stereocenters. The van der Waals surface area contributed by atoms with Gasteiger partial charge in [0.1, 0.15) is 0 Å². The number of halogens is 6. The molecule has 0 radical (unpaired) electrons. The molecule has 0 N–H and O–H groups in total. The first-order valence-electron chi connectivity index (χ1n) is 4.50. The van der Waals surface area contributed by atoms with Gasteiger partial charge in [0, 0.05) is 19.4 Å². The molecule has 0 saturated carbocycles. The van der Waals surface area contributed by atoms with Crippen molar-refractivity contribution in [2.75, 3.05) is 6.54 Å². The molecule has 2 amide bonds. The van der Waals surface area contributed by atoms with Crippen LogP contribution in [0, 0.1) is 5.92 Å². The number of hydrogen-bond donors (Lipinski definition) is 0. The van der Waals surface area contributed by atoms with Gasteiger partial charge < -0.3 is 0 Å². The number of alkyl halides is 6. The molecule has 1 aliphatic rings. The third kappa shape index (κ3) is 3.10. The van der Waals surface area contributed by atoms with E-state index in [0.717, 1.165) is 0 Å². The Hall–Kier alpha value is -1.28. The van der Waals surface area contributed by atoms with Gasteiger partial charge in [-0.2, -0.15) is 26.3 Å². The van der Waals surface area contributed by atoms with E-state index in [-0.39, 0.29) is 17.7 Å². The Morgan fingerprint density at radius 2 is 1.29 bits per heavy atom. The molecule has 3 nitrogen and oxygen atoms in total. The molecule has 0 unspecified atom stereocenters. The molecule has 0 aliphatic carbocycles. The van der Waals surface area contributed by atoms with Crippen LogP contribution in [0.2, 0.25) is 0 Å². The molecule has 1 rings (SSSR count). The Bertz CT molecular complexity index is 304. The summed E-state index contributed by atoms with van der Waals surface area (Å²) in [6, 6.07) is 0. The Morgan fingerprint density at radius 3 is 1.59 bits per heavy atom. The van der Waals surface area contributed by atoms with Crippen molar-refractivity contribution in [2.45, 2.75) is 25.2 Å². The third-order valence-electron chi connectivity index (χ3n) is 2.31. The molecule has 0 aromatic carbocycles. The van der Waals surface area contributed by atoms with E-state index < -0.39 is 36.6 Å². The molecule has 9 heteroatoms. The van der Waals surface area contributed by atoms with Crippen LogP contribution in [0.15, 0.2) is 0 Å². The quantitative estimate of drug-likeness (QED) is 0.563. The van der Waals surface area contributed by atoms with Crippen molar-refractivity contribution in [1.29, 1.82) is 0 Å².